The van der Waals surface area contributed by atoms with E-state index in [1.54, 1.807) is 29.1 Å². The zero-order valence-electron chi connectivity index (χ0n) is 16.5. The van der Waals surface area contributed by atoms with Crippen LogP contribution in [0.4, 0.5) is 5.69 Å². The molecule has 0 saturated heterocycles. The van der Waals surface area contributed by atoms with E-state index < -0.39 is 16.1 Å². The maximum Gasteiger partial charge on any atom is 0.345 e. The van der Waals surface area contributed by atoms with Gasteiger partial charge in [0.15, 0.2) is 11.5 Å². The lowest BCUT2D eigenvalue weighted by Crippen LogP contribution is -2.35. The van der Waals surface area contributed by atoms with Gasteiger partial charge in [-0.25, -0.2) is 4.31 Å². The van der Waals surface area contributed by atoms with Crippen molar-refractivity contribution in [1.29, 1.82) is 0 Å². The molecular formula is C19H21N5O5S. The average molecular weight is 431 g/mol. The Hall–Kier alpha value is -3.34. The van der Waals surface area contributed by atoms with Crippen LogP contribution in [0.15, 0.2) is 46.8 Å². The molecule has 10 nitrogen and oxygen atoms in total. The van der Waals surface area contributed by atoms with E-state index in [0.29, 0.717) is 22.7 Å². The Kier molecular flexibility index (Phi) is 5.20. The highest BCUT2D eigenvalue weighted by atomic mass is 32.2. The third kappa shape index (κ3) is 3.88. The molecule has 0 radical (unpaired) electrons. The summed E-state index contributed by atoms with van der Waals surface area (Å²) < 4.78 is 42.1. The van der Waals surface area contributed by atoms with Crippen LogP contribution >= 0.6 is 0 Å². The second-order valence-corrected chi connectivity index (χ2v) is 8.45. The van der Waals surface area contributed by atoms with Gasteiger partial charge >= 0.3 is 10.2 Å². The predicted molar refractivity (Wildman–Crippen MR) is 110 cm³/mol. The fraction of sp³-hybridized carbons (Fsp3) is 0.316. The van der Waals surface area contributed by atoms with Gasteiger partial charge in [-0.3, -0.25) is 9.48 Å². The van der Waals surface area contributed by atoms with Crippen LogP contribution in [0.2, 0.25) is 0 Å². The van der Waals surface area contributed by atoms with Crippen molar-refractivity contribution in [2.24, 2.45) is 4.40 Å². The maximum atomic E-state index is 12.8. The van der Waals surface area contributed by atoms with Crippen molar-refractivity contribution in [1.82, 2.24) is 14.1 Å². The number of hydrogen-bond donors (Lipinski definition) is 1. The molecule has 1 amide bonds. The Balaban J connectivity index is 1.60. The Bertz CT molecular complexity index is 1150. The topological polar surface area (TPSA) is 115 Å². The molecule has 0 fully saturated rings. The fourth-order valence-corrected chi connectivity index (χ4v) is 3.94. The highest BCUT2D eigenvalue weighted by Gasteiger charge is 2.30. The zero-order valence-corrected chi connectivity index (χ0v) is 17.3. The first-order valence-corrected chi connectivity index (χ1v) is 10.8. The third-order valence-electron chi connectivity index (χ3n) is 4.71. The number of nitrogens with zero attached hydrogens (tertiary/aromatic N) is 4. The lowest BCUT2D eigenvalue weighted by molar-refractivity contribution is -0.113. The molecule has 2 aliphatic heterocycles. The number of allylic oxidation sites excluding steroid dienone is 1. The molecule has 1 aromatic carbocycles. The summed E-state index contributed by atoms with van der Waals surface area (Å²) in [6, 6.07) is 4.96. The van der Waals surface area contributed by atoms with Crippen LogP contribution in [0, 0.1) is 0 Å². The Morgan fingerprint density at radius 1 is 1.27 bits per heavy atom. The van der Waals surface area contributed by atoms with Crippen LogP contribution in [0.1, 0.15) is 25.3 Å². The Morgan fingerprint density at radius 2 is 2.07 bits per heavy atom. The van der Waals surface area contributed by atoms with Crippen LogP contribution in [0.5, 0.6) is 11.5 Å². The normalized spacial score (nSPS) is 16.8. The minimum atomic E-state index is -4.07. The van der Waals surface area contributed by atoms with Gasteiger partial charge in [0.2, 0.25) is 6.79 Å². The highest BCUT2D eigenvalue weighted by molar-refractivity contribution is 7.88. The lowest BCUT2D eigenvalue weighted by atomic mass is 10.1. The number of nitrogens with one attached hydrogen (secondary N) is 1. The molecule has 0 spiro atoms. The van der Waals surface area contributed by atoms with E-state index in [0.717, 1.165) is 23.7 Å². The summed E-state index contributed by atoms with van der Waals surface area (Å²) in [6.45, 7) is 2.92. The first-order valence-electron chi connectivity index (χ1n) is 9.42. The number of fused-ring (bicyclic) bond motifs is 1. The summed E-state index contributed by atoms with van der Waals surface area (Å²) in [7, 11) is -2.78. The summed E-state index contributed by atoms with van der Waals surface area (Å²) in [6.07, 6.45) is 6.65. The van der Waals surface area contributed by atoms with Crippen LogP contribution in [0.3, 0.4) is 0 Å². The zero-order chi connectivity index (χ0) is 21.3. The lowest BCUT2D eigenvalue weighted by Gasteiger charge is -2.23. The van der Waals surface area contributed by atoms with Crippen LogP contribution in [-0.2, 0) is 21.5 Å². The van der Waals surface area contributed by atoms with Crippen molar-refractivity contribution in [3.05, 3.63) is 47.9 Å². The molecule has 2 aromatic rings. The van der Waals surface area contributed by atoms with Gasteiger partial charge in [0.1, 0.15) is 5.70 Å². The molecule has 0 aliphatic carbocycles. The SMILES string of the molecule is CCCCn1cc(NC(=O)C2=CC(c3ccc4c(c3)OCO4)=NS(=O)(=O)N2C)cn1. The molecule has 0 bridgehead atoms. The van der Waals surface area contributed by atoms with Gasteiger partial charge < -0.3 is 14.8 Å². The molecule has 1 aromatic heterocycles. The van der Waals surface area contributed by atoms with E-state index in [-0.39, 0.29) is 18.2 Å². The summed E-state index contributed by atoms with van der Waals surface area (Å²) >= 11 is 0. The Morgan fingerprint density at radius 3 is 2.87 bits per heavy atom. The van der Waals surface area contributed by atoms with Gasteiger partial charge in [-0.1, -0.05) is 13.3 Å². The van der Waals surface area contributed by atoms with Crippen molar-refractivity contribution in [3.63, 3.8) is 0 Å². The molecular weight excluding hydrogens is 410 g/mol. The van der Waals surface area contributed by atoms with E-state index >= 15 is 0 Å². The van der Waals surface area contributed by atoms with E-state index in [1.165, 1.54) is 19.3 Å². The molecule has 11 heteroatoms. The number of aryl methyl sites for hydroxylation is 1. The van der Waals surface area contributed by atoms with Crippen molar-refractivity contribution in [2.75, 3.05) is 19.2 Å². The first kappa shape index (κ1) is 20.0. The van der Waals surface area contributed by atoms with Crippen LogP contribution in [0.25, 0.3) is 0 Å². The summed E-state index contributed by atoms with van der Waals surface area (Å²) in [4.78, 5) is 12.8. The number of carbonyl (C=O) groups is 1. The predicted octanol–water partition coefficient (Wildman–Crippen LogP) is 1.91. The second kappa shape index (κ2) is 7.82. The molecule has 4 rings (SSSR count). The van der Waals surface area contributed by atoms with Gasteiger partial charge in [-0.2, -0.15) is 13.5 Å². The molecule has 0 atom stereocenters. The summed E-state index contributed by atoms with van der Waals surface area (Å²) in [5.41, 5.74) is 1.05. The van der Waals surface area contributed by atoms with E-state index in [9.17, 15) is 13.2 Å². The molecule has 3 heterocycles. The van der Waals surface area contributed by atoms with Gasteiger partial charge in [0, 0.05) is 25.4 Å². The molecule has 158 valence electrons. The van der Waals surface area contributed by atoms with Gasteiger partial charge in [-0.15, -0.1) is 4.40 Å². The van der Waals surface area contributed by atoms with Crippen molar-refractivity contribution < 1.29 is 22.7 Å². The van der Waals surface area contributed by atoms with E-state index in [1.807, 2.05) is 0 Å². The maximum absolute atomic E-state index is 12.8. The van der Waals surface area contributed by atoms with Gasteiger partial charge in [0.05, 0.1) is 17.6 Å². The van der Waals surface area contributed by atoms with Crippen molar-refractivity contribution in [2.45, 2.75) is 26.3 Å². The molecule has 0 saturated carbocycles. The van der Waals surface area contributed by atoms with E-state index in [4.69, 9.17) is 9.47 Å². The number of benzene rings is 1. The summed E-state index contributed by atoms with van der Waals surface area (Å²) in [5.74, 6) is 0.479. The number of carbonyl (C=O) groups excluding carboxylic acids is 1. The number of ether oxygens (including phenoxy) is 2. The van der Waals surface area contributed by atoms with Crippen LogP contribution in [-0.4, -0.2) is 48.0 Å². The molecule has 30 heavy (non-hydrogen) atoms. The molecule has 0 unspecified atom stereocenters. The van der Waals surface area contributed by atoms with Gasteiger partial charge in [-0.05, 0) is 30.7 Å². The monoisotopic (exact) mass is 431 g/mol. The number of aromatic nitrogens is 2. The third-order valence-corrected chi connectivity index (χ3v) is 6.02. The number of unbranched alkanes of at least 4 members (excludes halogenated alkanes) is 1. The molecule has 1 N–H and O–H groups in total. The van der Waals surface area contributed by atoms with Crippen molar-refractivity contribution in [3.8, 4) is 11.5 Å². The first-order chi connectivity index (χ1) is 14.4. The van der Waals surface area contributed by atoms with Gasteiger partial charge in [0.25, 0.3) is 5.91 Å². The average Bonchev–Trinajstić information content (AvgIpc) is 3.36. The number of likely N-dealkylation sites (N-methyl/N-ethyl adjacent to an activating group) is 1. The number of amides is 1. The van der Waals surface area contributed by atoms with E-state index in [2.05, 4.69) is 21.7 Å². The largest absolute Gasteiger partial charge is 0.454 e. The quantitative estimate of drug-likeness (QED) is 0.747. The standard InChI is InChI=1S/C19H21N5O5S/c1-3-4-7-24-11-14(10-20-24)21-19(25)16-9-15(22-30(26,27)23(16)2)13-5-6-17-18(8-13)29-12-28-17/h5-6,8-11H,3-4,7,12H2,1-2H3,(H,21,25). The second-order valence-electron chi connectivity index (χ2n) is 6.82. The van der Waals surface area contributed by atoms with Crippen LogP contribution < -0.4 is 14.8 Å². The van der Waals surface area contributed by atoms with Crippen molar-refractivity contribution >= 4 is 27.5 Å². The Labute approximate surface area is 174 Å². The molecule has 2 aliphatic rings. The number of anilines is 1. The number of rotatable bonds is 6. The number of hydrogen-bond acceptors (Lipinski definition) is 6. The summed E-state index contributed by atoms with van der Waals surface area (Å²) in [5, 5.41) is 6.89. The smallest absolute Gasteiger partial charge is 0.345 e. The minimum Gasteiger partial charge on any atom is -0.454 e. The highest BCUT2D eigenvalue weighted by Crippen LogP contribution is 2.33. The fourth-order valence-electron chi connectivity index (χ4n) is 3.02. The minimum absolute atomic E-state index is 0.0565.